The molecule has 0 spiro atoms. The lowest BCUT2D eigenvalue weighted by molar-refractivity contribution is -0.140. The molecule has 5 rings (SSSR count). The van der Waals surface area contributed by atoms with E-state index in [0.717, 1.165) is 35.4 Å². The second kappa shape index (κ2) is 8.07. The molecule has 2 fully saturated rings. The Morgan fingerprint density at radius 3 is 2.20 bits per heavy atom. The van der Waals surface area contributed by atoms with Gasteiger partial charge in [-0.1, -0.05) is 42.5 Å². The van der Waals surface area contributed by atoms with Crippen LogP contribution in [0.25, 0.3) is 0 Å². The van der Waals surface area contributed by atoms with E-state index in [0.29, 0.717) is 6.61 Å². The van der Waals surface area contributed by atoms with E-state index < -0.39 is 0 Å². The standard InChI is InChI=1S/C23H18I2N2O3/c24-17-8-14(9-18(25)21(17)30-12-13-4-2-1-3-5-13)11-26-27-22(28)19-15-6-7-16(10-15)20(19)23(27)29/h1-9,11,15-16,19-20H,10,12H2/b26-11-/t15-,16-,19-,20+/m0/s1. The molecule has 0 unspecified atom stereocenters. The van der Waals surface area contributed by atoms with Crippen molar-refractivity contribution in [2.75, 3.05) is 0 Å². The number of benzene rings is 2. The van der Waals surface area contributed by atoms with E-state index in [9.17, 15) is 9.59 Å². The Kier molecular flexibility index (Phi) is 5.42. The lowest BCUT2D eigenvalue weighted by atomic mass is 9.85. The number of fused-ring (bicyclic) bond motifs is 5. The number of nitrogens with zero attached hydrogens (tertiary/aromatic N) is 2. The highest BCUT2D eigenvalue weighted by atomic mass is 127. The fraction of sp³-hybridized carbons (Fsp3) is 0.261. The number of amides is 2. The molecule has 1 aliphatic heterocycles. The number of carbonyl (C=O) groups excluding carboxylic acids is 2. The summed E-state index contributed by atoms with van der Waals surface area (Å²) in [6.07, 6.45) is 6.69. The predicted molar refractivity (Wildman–Crippen MR) is 130 cm³/mol. The van der Waals surface area contributed by atoms with E-state index in [1.807, 2.05) is 42.5 Å². The molecule has 7 heteroatoms. The number of carbonyl (C=O) groups is 2. The molecular formula is C23H18I2N2O3. The zero-order valence-corrected chi connectivity index (χ0v) is 20.2. The average molecular weight is 624 g/mol. The van der Waals surface area contributed by atoms with Crippen LogP contribution in [0.3, 0.4) is 0 Å². The summed E-state index contributed by atoms with van der Waals surface area (Å²) in [5.74, 6) is 0.440. The Morgan fingerprint density at radius 2 is 1.60 bits per heavy atom. The first kappa shape index (κ1) is 20.2. The van der Waals surface area contributed by atoms with Crippen LogP contribution in [0.1, 0.15) is 17.5 Å². The molecule has 152 valence electrons. The van der Waals surface area contributed by atoms with E-state index in [1.165, 1.54) is 0 Å². The van der Waals surface area contributed by atoms with Crippen molar-refractivity contribution in [2.45, 2.75) is 13.0 Å². The van der Waals surface area contributed by atoms with E-state index >= 15 is 0 Å². The van der Waals surface area contributed by atoms with E-state index in [2.05, 4.69) is 62.4 Å². The number of ether oxygens (including phenoxy) is 1. The highest BCUT2D eigenvalue weighted by Gasteiger charge is 2.59. The van der Waals surface area contributed by atoms with E-state index in [1.54, 1.807) is 6.21 Å². The Hall–Kier alpha value is -1.75. The van der Waals surface area contributed by atoms with Crippen molar-refractivity contribution in [3.8, 4) is 5.75 Å². The van der Waals surface area contributed by atoms with Crippen LogP contribution in [-0.2, 0) is 16.2 Å². The number of halogens is 2. The van der Waals surface area contributed by atoms with Gasteiger partial charge in [0.2, 0.25) is 0 Å². The molecule has 2 aromatic carbocycles. The summed E-state index contributed by atoms with van der Waals surface area (Å²) in [6.45, 7) is 0.496. The van der Waals surface area contributed by atoms with Gasteiger partial charge in [-0.3, -0.25) is 9.59 Å². The van der Waals surface area contributed by atoms with Gasteiger partial charge in [-0.25, -0.2) is 0 Å². The Balaban J connectivity index is 1.31. The van der Waals surface area contributed by atoms with Crippen LogP contribution < -0.4 is 4.74 Å². The highest BCUT2D eigenvalue weighted by Crippen LogP contribution is 2.52. The fourth-order valence-corrected chi connectivity index (χ4v) is 6.77. The van der Waals surface area contributed by atoms with Crippen molar-refractivity contribution in [3.63, 3.8) is 0 Å². The fourth-order valence-electron chi connectivity index (χ4n) is 4.65. The van der Waals surface area contributed by atoms with Gasteiger partial charge in [0, 0.05) is 0 Å². The van der Waals surface area contributed by atoms with Crippen molar-refractivity contribution >= 4 is 63.2 Å². The number of hydrazone groups is 1. The van der Waals surface area contributed by atoms with Crippen molar-refractivity contribution < 1.29 is 14.3 Å². The van der Waals surface area contributed by atoms with Crippen LogP contribution in [0.2, 0.25) is 0 Å². The molecule has 5 nitrogen and oxygen atoms in total. The van der Waals surface area contributed by atoms with Crippen LogP contribution in [-0.4, -0.2) is 23.0 Å². The first-order valence-electron chi connectivity index (χ1n) is 9.79. The molecule has 1 heterocycles. The molecule has 4 atom stereocenters. The maximum Gasteiger partial charge on any atom is 0.254 e. The lowest BCUT2D eigenvalue weighted by Crippen LogP contribution is -2.28. The van der Waals surface area contributed by atoms with Crippen LogP contribution in [0.15, 0.2) is 59.7 Å². The van der Waals surface area contributed by atoms with Gasteiger partial charge >= 0.3 is 0 Å². The maximum absolute atomic E-state index is 12.8. The first-order valence-corrected chi connectivity index (χ1v) is 11.9. The molecule has 2 amide bonds. The summed E-state index contributed by atoms with van der Waals surface area (Å²) < 4.78 is 7.92. The molecule has 30 heavy (non-hydrogen) atoms. The Bertz CT molecular complexity index is 1030. The molecule has 2 bridgehead atoms. The van der Waals surface area contributed by atoms with Gasteiger partial charge in [0.05, 0.1) is 25.2 Å². The quantitative estimate of drug-likeness (QED) is 0.212. The van der Waals surface area contributed by atoms with Crippen molar-refractivity contribution in [1.29, 1.82) is 0 Å². The average Bonchev–Trinajstić information content (AvgIpc) is 3.41. The number of allylic oxidation sites excluding steroid dienone is 2. The minimum absolute atomic E-state index is 0.162. The van der Waals surface area contributed by atoms with Gasteiger partial charge in [0.15, 0.2) is 0 Å². The Labute approximate surface area is 201 Å². The van der Waals surface area contributed by atoms with Gasteiger partial charge in [-0.05, 0) is 86.7 Å². The van der Waals surface area contributed by atoms with Crippen LogP contribution >= 0.6 is 45.2 Å². The summed E-state index contributed by atoms with van der Waals surface area (Å²) in [5, 5.41) is 5.36. The maximum atomic E-state index is 12.8. The molecule has 2 aliphatic carbocycles. The van der Waals surface area contributed by atoms with Crippen molar-refractivity contribution in [1.82, 2.24) is 5.01 Å². The number of hydrogen-bond donors (Lipinski definition) is 0. The smallest absolute Gasteiger partial charge is 0.254 e. The summed E-state index contributed by atoms with van der Waals surface area (Å²) >= 11 is 4.48. The molecule has 0 aromatic heterocycles. The summed E-state index contributed by atoms with van der Waals surface area (Å²) in [5.41, 5.74) is 1.93. The van der Waals surface area contributed by atoms with Gasteiger partial charge in [0.25, 0.3) is 11.8 Å². The summed E-state index contributed by atoms with van der Waals surface area (Å²) in [7, 11) is 0. The first-order chi connectivity index (χ1) is 14.5. The summed E-state index contributed by atoms with van der Waals surface area (Å²) in [4.78, 5) is 25.5. The molecule has 1 saturated carbocycles. The third kappa shape index (κ3) is 3.49. The zero-order valence-electron chi connectivity index (χ0n) is 15.9. The van der Waals surface area contributed by atoms with Crippen molar-refractivity contribution in [3.05, 3.63) is 72.9 Å². The monoisotopic (exact) mass is 624 g/mol. The molecular weight excluding hydrogens is 606 g/mol. The highest BCUT2D eigenvalue weighted by molar-refractivity contribution is 14.1. The predicted octanol–water partition coefficient (Wildman–Crippen LogP) is 4.62. The SMILES string of the molecule is O=C1[C@@H]2[C@H](C(=O)N1/N=C\c1cc(I)c(OCc3ccccc3)c(I)c1)[C@H]1C=C[C@H]2C1. The lowest BCUT2D eigenvalue weighted by Gasteiger charge is -2.13. The molecule has 0 N–H and O–H groups in total. The number of imide groups is 1. The second-order valence-corrected chi connectivity index (χ2v) is 10.1. The topological polar surface area (TPSA) is 59.0 Å². The largest absolute Gasteiger partial charge is 0.487 e. The third-order valence-electron chi connectivity index (χ3n) is 6.02. The summed E-state index contributed by atoms with van der Waals surface area (Å²) in [6, 6.07) is 13.9. The Morgan fingerprint density at radius 1 is 1.00 bits per heavy atom. The van der Waals surface area contributed by atoms with Crippen molar-refractivity contribution in [2.24, 2.45) is 28.8 Å². The van der Waals surface area contributed by atoms with E-state index in [4.69, 9.17) is 4.74 Å². The van der Waals surface area contributed by atoms with Gasteiger partial charge in [-0.2, -0.15) is 10.1 Å². The minimum atomic E-state index is -0.223. The zero-order chi connectivity index (χ0) is 20.8. The van der Waals surface area contributed by atoms with Crippen LogP contribution in [0, 0.1) is 30.8 Å². The van der Waals surface area contributed by atoms with Crippen LogP contribution in [0.5, 0.6) is 5.75 Å². The normalized spacial score (nSPS) is 26.8. The molecule has 1 saturated heterocycles. The molecule has 2 aromatic rings. The van der Waals surface area contributed by atoms with E-state index in [-0.39, 0.29) is 35.5 Å². The van der Waals surface area contributed by atoms with Gasteiger partial charge in [-0.15, -0.1) is 0 Å². The van der Waals surface area contributed by atoms with Gasteiger partial charge in [0.1, 0.15) is 12.4 Å². The molecule has 3 aliphatic rings. The number of hydrogen-bond acceptors (Lipinski definition) is 4. The van der Waals surface area contributed by atoms with Crippen LogP contribution in [0.4, 0.5) is 0 Å². The third-order valence-corrected chi connectivity index (χ3v) is 7.62. The molecule has 0 radical (unpaired) electrons. The number of rotatable bonds is 5. The van der Waals surface area contributed by atoms with Gasteiger partial charge < -0.3 is 4.74 Å². The second-order valence-electron chi connectivity index (χ2n) is 7.82. The minimum Gasteiger partial charge on any atom is -0.487 e.